The maximum Gasteiger partial charge on any atom is 0.407 e. The molecule has 1 saturated heterocycles. The van der Waals surface area contributed by atoms with E-state index in [1.54, 1.807) is 37.3 Å². The summed E-state index contributed by atoms with van der Waals surface area (Å²) in [5.41, 5.74) is 1.60. The molecule has 0 spiro atoms. The number of nitrogens with zero attached hydrogens (tertiary/aromatic N) is 2. The van der Waals surface area contributed by atoms with Crippen LogP contribution in [0.15, 0.2) is 30.3 Å². The van der Waals surface area contributed by atoms with Crippen LogP contribution >= 0.6 is 0 Å². The fourth-order valence-corrected chi connectivity index (χ4v) is 7.55. The van der Waals surface area contributed by atoms with Crippen LogP contribution in [0.5, 0.6) is 11.5 Å². The Bertz CT molecular complexity index is 1620. The van der Waals surface area contributed by atoms with Gasteiger partial charge in [-0.2, -0.15) is 0 Å². The first-order chi connectivity index (χ1) is 22.8. The molecule has 0 aliphatic carbocycles. The summed E-state index contributed by atoms with van der Waals surface area (Å²) >= 11 is 0. The molecule has 1 atom stereocenters. The molecule has 0 bridgehead atoms. The third-order valence-electron chi connectivity index (χ3n) is 9.00. The summed E-state index contributed by atoms with van der Waals surface area (Å²) in [4.78, 5) is 53.7. The molecule has 2 aliphatic rings. The Kier molecular flexibility index (Phi) is 12.5. The number of amides is 4. The molecule has 48 heavy (non-hydrogen) atoms. The fourth-order valence-electron chi connectivity index (χ4n) is 6.64. The van der Waals surface area contributed by atoms with Crippen LogP contribution < -0.4 is 14.8 Å². The quantitative estimate of drug-likeness (QED) is 0.167. The highest BCUT2D eigenvalue weighted by Crippen LogP contribution is 2.39. The van der Waals surface area contributed by atoms with Gasteiger partial charge in [0, 0.05) is 26.3 Å². The Morgan fingerprint density at radius 3 is 2.31 bits per heavy atom. The van der Waals surface area contributed by atoms with Crippen molar-refractivity contribution in [2.75, 3.05) is 44.1 Å². The molecular weight excluding hydrogens is 638 g/mol. The number of carbonyl (C=O) groups excluding carboxylic acids is 3. The van der Waals surface area contributed by atoms with E-state index in [0.717, 1.165) is 68.1 Å². The normalized spacial score (nSPS) is 15.8. The standard InChI is InChI=1S/C35H47N3O9S/c1-5-47-31-21-26(13-14-30(31)46-3)29(22-48(4,44)45)38-33(40)27-19-25(20-28(36-23(2)39)32(27)34(38)41)12-10-8-6-7-9-11-24-15-17-37(18-16-24)35(42)43/h13-14,19-21,24,29H,5-12,15-18,22H2,1-4H3,(H,36,39)(H,42,43). The molecule has 0 saturated carbocycles. The van der Waals surface area contributed by atoms with Crippen molar-refractivity contribution in [3.63, 3.8) is 0 Å². The Hall–Kier alpha value is -4.13. The zero-order valence-electron chi connectivity index (χ0n) is 28.2. The Morgan fingerprint density at radius 1 is 1.00 bits per heavy atom. The highest BCUT2D eigenvalue weighted by atomic mass is 32.2. The van der Waals surface area contributed by atoms with Crippen molar-refractivity contribution >= 4 is 39.3 Å². The van der Waals surface area contributed by atoms with E-state index in [1.807, 2.05) is 0 Å². The van der Waals surface area contributed by atoms with Crippen LogP contribution in [0.2, 0.25) is 0 Å². The van der Waals surface area contributed by atoms with Gasteiger partial charge in [-0.1, -0.05) is 38.2 Å². The van der Waals surface area contributed by atoms with E-state index >= 15 is 0 Å². The van der Waals surface area contributed by atoms with Crippen LogP contribution in [0.3, 0.4) is 0 Å². The van der Waals surface area contributed by atoms with E-state index in [-0.39, 0.29) is 16.8 Å². The number of aryl methyl sites for hydroxylation is 1. The van der Waals surface area contributed by atoms with Gasteiger partial charge in [-0.3, -0.25) is 19.3 Å². The topological polar surface area (TPSA) is 160 Å². The molecule has 0 radical (unpaired) electrons. The number of benzene rings is 2. The molecule has 2 aromatic carbocycles. The number of hydrogen-bond acceptors (Lipinski definition) is 8. The number of nitrogens with one attached hydrogen (secondary N) is 1. The third-order valence-corrected chi connectivity index (χ3v) is 9.92. The molecule has 2 heterocycles. The zero-order valence-corrected chi connectivity index (χ0v) is 29.1. The van der Waals surface area contributed by atoms with E-state index < -0.39 is 45.4 Å². The SMILES string of the molecule is CCOc1cc(C(CS(C)(=O)=O)N2C(=O)c3cc(CCCCCCCC4CCN(C(=O)O)CC4)cc(NC(C)=O)c3C2=O)ccc1OC. The minimum atomic E-state index is -3.67. The number of carboxylic acid groups (broad SMARTS) is 1. The summed E-state index contributed by atoms with van der Waals surface area (Å²) in [5, 5.41) is 11.8. The number of imide groups is 1. The predicted molar refractivity (Wildman–Crippen MR) is 182 cm³/mol. The average Bonchev–Trinajstić information content (AvgIpc) is 3.28. The average molecular weight is 686 g/mol. The van der Waals surface area contributed by atoms with Crippen molar-refractivity contribution < 1.29 is 42.2 Å². The molecule has 2 N–H and O–H groups in total. The summed E-state index contributed by atoms with van der Waals surface area (Å²) in [7, 11) is -2.19. The van der Waals surface area contributed by atoms with Crippen molar-refractivity contribution in [3.8, 4) is 11.5 Å². The number of fused-ring (bicyclic) bond motifs is 1. The summed E-state index contributed by atoms with van der Waals surface area (Å²) in [6.45, 7) is 4.67. The highest BCUT2D eigenvalue weighted by molar-refractivity contribution is 7.90. The number of carbonyl (C=O) groups is 4. The van der Waals surface area contributed by atoms with Crippen molar-refractivity contribution in [1.29, 1.82) is 0 Å². The molecule has 2 aromatic rings. The number of hydrogen-bond donors (Lipinski definition) is 2. The molecule has 12 nitrogen and oxygen atoms in total. The van der Waals surface area contributed by atoms with Gasteiger partial charge in [0.15, 0.2) is 11.5 Å². The lowest BCUT2D eigenvalue weighted by molar-refractivity contribution is -0.114. The van der Waals surface area contributed by atoms with E-state index in [4.69, 9.17) is 14.6 Å². The minimum absolute atomic E-state index is 0.0465. The molecular formula is C35H47N3O9S. The number of ether oxygens (including phenoxy) is 2. The molecule has 13 heteroatoms. The molecule has 4 amide bonds. The van der Waals surface area contributed by atoms with E-state index in [2.05, 4.69) is 5.32 Å². The third kappa shape index (κ3) is 9.27. The number of unbranched alkanes of at least 4 members (excludes halogenated alkanes) is 4. The lowest BCUT2D eigenvalue weighted by atomic mass is 9.91. The van der Waals surface area contributed by atoms with Gasteiger partial charge in [0.1, 0.15) is 9.84 Å². The van der Waals surface area contributed by atoms with Crippen molar-refractivity contribution in [3.05, 3.63) is 52.6 Å². The van der Waals surface area contributed by atoms with Gasteiger partial charge in [-0.25, -0.2) is 13.2 Å². The minimum Gasteiger partial charge on any atom is -0.493 e. The monoisotopic (exact) mass is 685 g/mol. The summed E-state index contributed by atoms with van der Waals surface area (Å²) in [5.74, 6) is -0.841. The van der Waals surface area contributed by atoms with Crippen molar-refractivity contribution in [2.45, 2.75) is 77.7 Å². The second-order valence-corrected chi connectivity index (χ2v) is 14.9. The van der Waals surface area contributed by atoms with Gasteiger partial charge >= 0.3 is 6.09 Å². The number of rotatable bonds is 16. The van der Waals surface area contributed by atoms with E-state index in [1.165, 1.54) is 18.9 Å². The van der Waals surface area contributed by atoms with Crippen LogP contribution in [0, 0.1) is 5.92 Å². The summed E-state index contributed by atoms with van der Waals surface area (Å²) in [6.07, 6.45) is 8.85. The molecule has 0 aromatic heterocycles. The fraction of sp³-hybridized carbons (Fsp3) is 0.543. The van der Waals surface area contributed by atoms with Crippen LogP contribution in [-0.2, 0) is 21.1 Å². The van der Waals surface area contributed by atoms with Crippen molar-refractivity contribution in [2.24, 2.45) is 5.92 Å². The molecule has 262 valence electrons. The molecule has 4 rings (SSSR count). The van der Waals surface area contributed by atoms with Gasteiger partial charge in [-0.15, -0.1) is 0 Å². The molecule has 1 fully saturated rings. The number of methoxy groups -OCH3 is 1. The van der Waals surface area contributed by atoms with Crippen LogP contribution in [0.1, 0.15) is 103 Å². The summed E-state index contributed by atoms with van der Waals surface area (Å²) < 4.78 is 36.2. The van der Waals surface area contributed by atoms with E-state index in [9.17, 15) is 27.6 Å². The number of likely N-dealkylation sites (tertiary alicyclic amines) is 1. The van der Waals surface area contributed by atoms with Gasteiger partial charge in [0.05, 0.1) is 42.3 Å². The Labute approximate surface area is 282 Å². The first-order valence-corrected chi connectivity index (χ1v) is 18.7. The maximum absolute atomic E-state index is 14.0. The van der Waals surface area contributed by atoms with Crippen LogP contribution in [0.25, 0.3) is 0 Å². The maximum atomic E-state index is 14.0. The van der Waals surface area contributed by atoms with Crippen LogP contribution in [0.4, 0.5) is 10.5 Å². The van der Waals surface area contributed by atoms with Gasteiger partial charge in [0.2, 0.25) is 5.91 Å². The lowest BCUT2D eigenvalue weighted by Gasteiger charge is -2.29. The van der Waals surface area contributed by atoms with E-state index in [0.29, 0.717) is 49.1 Å². The smallest absolute Gasteiger partial charge is 0.407 e. The predicted octanol–water partition coefficient (Wildman–Crippen LogP) is 5.71. The van der Waals surface area contributed by atoms with Gasteiger partial charge in [-0.05, 0) is 73.9 Å². The molecule has 1 unspecified atom stereocenters. The highest BCUT2D eigenvalue weighted by Gasteiger charge is 2.44. The lowest BCUT2D eigenvalue weighted by Crippen LogP contribution is -2.37. The molecule has 2 aliphatic heterocycles. The number of sulfone groups is 1. The van der Waals surface area contributed by atoms with Crippen LogP contribution in [-0.4, -0.2) is 86.0 Å². The summed E-state index contributed by atoms with van der Waals surface area (Å²) in [6, 6.07) is 7.08. The van der Waals surface area contributed by atoms with Gasteiger partial charge < -0.3 is 24.8 Å². The first-order valence-electron chi connectivity index (χ1n) is 16.6. The number of piperidine rings is 1. The van der Waals surface area contributed by atoms with Gasteiger partial charge in [0.25, 0.3) is 11.8 Å². The van der Waals surface area contributed by atoms with Crippen molar-refractivity contribution in [1.82, 2.24) is 9.80 Å². The number of anilines is 1. The zero-order chi connectivity index (χ0) is 35.0. The first kappa shape index (κ1) is 36.7. The largest absolute Gasteiger partial charge is 0.493 e. The second-order valence-electron chi connectivity index (χ2n) is 12.7. The Balaban J connectivity index is 1.47. The Morgan fingerprint density at radius 2 is 1.69 bits per heavy atom. The second kappa shape index (κ2) is 16.3.